The lowest BCUT2D eigenvalue weighted by atomic mass is 10.2. The summed E-state index contributed by atoms with van der Waals surface area (Å²) in [7, 11) is 0. The SMILES string of the molecule is FC(F)(F)c1ccc(Nc2cnnc3nc(-c4ncccc4Cl)ccc23)nc1. The lowest BCUT2D eigenvalue weighted by Crippen LogP contribution is -2.06. The Hall–Kier alpha value is -3.33. The van der Waals surface area contributed by atoms with Gasteiger partial charge >= 0.3 is 6.18 Å². The largest absolute Gasteiger partial charge is 0.417 e. The number of pyridine rings is 3. The van der Waals surface area contributed by atoms with E-state index in [0.717, 1.165) is 12.3 Å². The zero-order valence-corrected chi connectivity index (χ0v) is 14.7. The van der Waals surface area contributed by atoms with Crippen molar-refractivity contribution in [3.63, 3.8) is 0 Å². The lowest BCUT2D eigenvalue weighted by Gasteiger charge is -2.10. The molecular formula is C18H10ClF3N6. The number of aromatic nitrogens is 5. The molecule has 0 aliphatic heterocycles. The molecule has 0 saturated carbocycles. The molecule has 0 radical (unpaired) electrons. The van der Waals surface area contributed by atoms with Gasteiger partial charge in [-0.05, 0) is 36.4 Å². The fraction of sp³-hybridized carbons (Fsp3) is 0.0556. The third kappa shape index (κ3) is 3.56. The standard InChI is InChI=1S/C18H10ClF3N6/c19-12-2-1-7-23-16(12)13-5-4-11-14(9-25-28-17(11)27-13)26-15-6-3-10(8-24-15)18(20,21)22/h1-9H,(H,24,26,27,28). The molecule has 0 aliphatic rings. The van der Waals surface area contributed by atoms with E-state index in [0.29, 0.717) is 33.1 Å². The highest BCUT2D eigenvalue weighted by Crippen LogP contribution is 2.30. The molecule has 6 nitrogen and oxygen atoms in total. The van der Waals surface area contributed by atoms with Crippen LogP contribution in [-0.2, 0) is 6.18 Å². The summed E-state index contributed by atoms with van der Waals surface area (Å²) in [5.74, 6) is 0.235. The molecule has 140 valence electrons. The van der Waals surface area contributed by atoms with E-state index in [4.69, 9.17) is 11.6 Å². The van der Waals surface area contributed by atoms with E-state index in [1.165, 1.54) is 12.3 Å². The number of halogens is 4. The predicted molar refractivity (Wildman–Crippen MR) is 98.1 cm³/mol. The molecule has 4 heterocycles. The van der Waals surface area contributed by atoms with Crippen LogP contribution in [-0.4, -0.2) is 25.1 Å². The van der Waals surface area contributed by atoms with Gasteiger partial charge in [-0.2, -0.15) is 18.3 Å². The zero-order valence-electron chi connectivity index (χ0n) is 13.9. The van der Waals surface area contributed by atoms with Gasteiger partial charge in [0.1, 0.15) is 11.5 Å². The maximum Gasteiger partial charge on any atom is 0.417 e. The van der Waals surface area contributed by atoms with E-state index < -0.39 is 11.7 Å². The normalized spacial score (nSPS) is 11.6. The summed E-state index contributed by atoms with van der Waals surface area (Å²) in [5.41, 5.74) is 1.04. The first-order valence-corrected chi connectivity index (χ1v) is 8.33. The van der Waals surface area contributed by atoms with Crippen LogP contribution in [0.1, 0.15) is 5.56 Å². The van der Waals surface area contributed by atoms with E-state index in [9.17, 15) is 13.2 Å². The van der Waals surface area contributed by atoms with E-state index in [2.05, 4.69) is 30.5 Å². The fourth-order valence-electron chi connectivity index (χ4n) is 2.52. The molecule has 1 N–H and O–H groups in total. The minimum Gasteiger partial charge on any atom is -0.338 e. The number of hydrogen-bond donors (Lipinski definition) is 1. The molecule has 0 bridgehead atoms. The van der Waals surface area contributed by atoms with Crippen LogP contribution in [0.3, 0.4) is 0 Å². The maximum atomic E-state index is 12.7. The molecule has 28 heavy (non-hydrogen) atoms. The maximum absolute atomic E-state index is 12.7. The van der Waals surface area contributed by atoms with Crippen molar-refractivity contribution in [1.82, 2.24) is 25.1 Å². The van der Waals surface area contributed by atoms with Gasteiger partial charge < -0.3 is 5.32 Å². The topological polar surface area (TPSA) is 76.5 Å². The Morgan fingerprint density at radius 2 is 1.82 bits per heavy atom. The highest BCUT2D eigenvalue weighted by molar-refractivity contribution is 6.32. The minimum absolute atomic E-state index is 0.235. The van der Waals surface area contributed by atoms with Crippen molar-refractivity contribution in [1.29, 1.82) is 0 Å². The van der Waals surface area contributed by atoms with Gasteiger partial charge in [-0.1, -0.05) is 11.6 Å². The summed E-state index contributed by atoms with van der Waals surface area (Å²) in [6, 6.07) is 9.09. The van der Waals surface area contributed by atoms with E-state index in [1.54, 1.807) is 30.5 Å². The first-order chi connectivity index (χ1) is 13.4. The third-order valence-electron chi connectivity index (χ3n) is 3.86. The van der Waals surface area contributed by atoms with Crippen molar-refractivity contribution >= 4 is 34.1 Å². The van der Waals surface area contributed by atoms with Gasteiger partial charge in [0.15, 0.2) is 5.65 Å². The quantitative estimate of drug-likeness (QED) is 0.525. The summed E-state index contributed by atoms with van der Waals surface area (Å²) < 4.78 is 38.0. The van der Waals surface area contributed by atoms with E-state index >= 15 is 0 Å². The molecule has 0 aromatic carbocycles. The number of rotatable bonds is 3. The Morgan fingerprint density at radius 1 is 0.964 bits per heavy atom. The highest BCUT2D eigenvalue weighted by Gasteiger charge is 2.30. The van der Waals surface area contributed by atoms with Crippen molar-refractivity contribution in [3.8, 4) is 11.4 Å². The van der Waals surface area contributed by atoms with Gasteiger partial charge in [0, 0.05) is 17.8 Å². The lowest BCUT2D eigenvalue weighted by molar-refractivity contribution is -0.137. The second kappa shape index (κ2) is 7.01. The summed E-state index contributed by atoms with van der Waals surface area (Å²) >= 11 is 6.15. The molecule has 0 amide bonds. The summed E-state index contributed by atoms with van der Waals surface area (Å²) in [5, 5.41) is 11.9. The van der Waals surface area contributed by atoms with Gasteiger partial charge in [0.25, 0.3) is 0 Å². The van der Waals surface area contributed by atoms with Gasteiger partial charge in [0.2, 0.25) is 0 Å². The van der Waals surface area contributed by atoms with Crippen LogP contribution in [0, 0.1) is 0 Å². The van der Waals surface area contributed by atoms with Crippen molar-refractivity contribution < 1.29 is 13.2 Å². The minimum atomic E-state index is -4.44. The van der Waals surface area contributed by atoms with Crippen LogP contribution in [0.5, 0.6) is 0 Å². The molecule has 10 heteroatoms. The van der Waals surface area contributed by atoms with Gasteiger partial charge in [0.05, 0.1) is 28.2 Å². The number of alkyl halides is 3. The average Bonchev–Trinajstić information content (AvgIpc) is 2.68. The third-order valence-corrected chi connectivity index (χ3v) is 4.16. The van der Waals surface area contributed by atoms with Crippen molar-refractivity contribution in [2.24, 2.45) is 0 Å². The number of nitrogens with one attached hydrogen (secondary N) is 1. The Labute approximate surface area is 161 Å². The number of fused-ring (bicyclic) bond motifs is 1. The molecule has 4 rings (SSSR count). The average molecular weight is 403 g/mol. The number of anilines is 2. The molecular weight excluding hydrogens is 393 g/mol. The van der Waals surface area contributed by atoms with Crippen LogP contribution in [0.4, 0.5) is 24.7 Å². The zero-order chi connectivity index (χ0) is 19.7. The molecule has 0 unspecified atom stereocenters. The number of nitrogens with zero attached hydrogens (tertiary/aromatic N) is 5. The van der Waals surface area contributed by atoms with Gasteiger partial charge in [-0.3, -0.25) is 4.98 Å². The predicted octanol–water partition coefficient (Wildman–Crippen LogP) is 4.90. The first-order valence-electron chi connectivity index (χ1n) is 7.95. The molecule has 0 fully saturated rings. The summed E-state index contributed by atoms with van der Waals surface area (Å²) in [4.78, 5) is 12.4. The molecule has 0 aliphatic carbocycles. The molecule has 4 aromatic heterocycles. The summed E-state index contributed by atoms with van der Waals surface area (Å²) in [6.07, 6.45) is -0.633. The Bertz CT molecular complexity index is 1150. The molecule has 0 spiro atoms. The second-order valence-electron chi connectivity index (χ2n) is 5.71. The van der Waals surface area contributed by atoms with Crippen LogP contribution >= 0.6 is 11.6 Å². The first kappa shape index (κ1) is 18.1. The number of hydrogen-bond acceptors (Lipinski definition) is 6. The van der Waals surface area contributed by atoms with Crippen LogP contribution in [0.2, 0.25) is 5.02 Å². The molecule has 0 atom stereocenters. The van der Waals surface area contributed by atoms with Crippen molar-refractivity contribution in [2.45, 2.75) is 6.18 Å². The smallest absolute Gasteiger partial charge is 0.338 e. The Morgan fingerprint density at radius 3 is 2.54 bits per heavy atom. The Kier molecular flexibility index (Phi) is 4.52. The Balaban J connectivity index is 1.68. The van der Waals surface area contributed by atoms with Crippen LogP contribution < -0.4 is 5.32 Å². The molecule has 4 aromatic rings. The molecule has 0 saturated heterocycles. The van der Waals surface area contributed by atoms with Gasteiger partial charge in [-0.15, -0.1) is 5.10 Å². The van der Waals surface area contributed by atoms with E-state index in [1.807, 2.05) is 0 Å². The van der Waals surface area contributed by atoms with Crippen molar-refractivity contribution in [2.75, 3.05) is 5.32 Å². The van der Waals surface area contributed by atoms with E-state index in [-0.39, 0.29) is 5.82 Å². The van der Waals surface area contributed by atoms with Gasteiger partial charge in [-0.25, -0.2) is 9.97 Å². The van der Waals surface area contributed by atoms with Crippen LogP contribution in [0.25, 0.3) is 22.4 Å². The fourth-order valence-corrected chi connectivity index (χ4v) is 2.74. The second-order valence-corrected chi connectivity index (χ2v) is 6.12. The summed E-state index contributed by atoms with van der Waals surface area (Å²) in [6.45, 7) is 0. The highest BCUT2D eigenvalue weighted by atomic mass is 35.5. The van der Waals surface area contributed by atoms with Crippen LogP contribution in [0.15, 0.2) is 55.0 Å². The monoisotopic (exact) mass is 402 g/mol. The van der Waals surface area contributed by atoms with Crippen molar-refractivity contribution in [3.05, 3.63) is 65.6 Å².